The minimum atomic E-state index is -4.73. The molecule has 1 N–H and O–H groups in total. The Kier molecular flexibility index (Phi) is 8.67. The van der Waals surface area contributed by atoms with Crippen LogP contribution in [0.1, 0.15) is 28.8 Å². The molecule has 3 aliphatic heterocycles. The number of benzene rings is 3. The van der Waals surface area contributed by atoms with Crippen molar-refractivity contribution in [1.29, 1.82) is 0 Å². The number of amides is 4. The topological polar surface area (TPSA) is 85.4 Å². The van der Waals surface area contributed by atoms with Crippen LogP contribution in [-0.4, -0.2) is 78.9 Å². The summed E-state index contributed by atoms with van der Waals surface area (Å²) in [4.78, 5) is 48.7. The molecule has 0 bridgehead atoms. The number of nitrogens with one attached hydrogen (secondary N) is 1. The van der Waals surface area contributed by atoms with Crippen LogP contribution < -0.4 is 15.0 Å². The number of nitrogens with zero attached hydrogens (tertiary/aromatic N) is 4. The molecule has 0 aliphatic carbocycles. The number of methoxy groups -OCH3 is 1. The summed E-state index contributed by atoms with van der Waals surface area (Å²) in [6.45, 7) is 5.39. The predicted molar refractivity (Wildman–Crippen MR) is 169 cm³/mol. The maximum absolute atomic E-state index is 14.4. The molecule has 3 aromatic carbocycles. The van der Waals surface area contributed by atoms with Crippen LogP contribution in [0.5, 0.6) is 5.75 Å². The molecule has 6 rings (SSSR count). The molecule has 3 aromatic rings. The van der Waals surface area contributed by atoms with E-state index >= 15 is 0 Å². The van der Waals surface area contributed by atoms with Crippen LogP contribution >= 0.6 is 0 Å². The molecule has 0 aromatic heterocycles. The molecule has 244 valence electrons. The highest BCUT2D eigenvalue weighted by atomic mass is 19.4. The summed E-state index contributed by atoms with van der Waals surface area (Å²) >= 11 is 0. The number of hydrogen-bond donors (Lipinski definition) is 1. The molecule has 47 heavy (non-hydrogen) atoms. The van der Waals surface area contributed by atoms with Gasteiger partial charge in [0.1, 0.15) is 11.8 Å². The summed E-state index contributed by atoms with van der Waals surface area (Å²) in [5.74, 6) is -0.209. The Labute approximate surface area is 270 Å². The zero-order valence-electron chi connectivity index (χ0n) is 25.7. The average Bonchev–Trinajstić information content (AvgIpc) is 3.42. The summed E-state index contributed by atoms with van der Waals surface area (Å²) in [7, 11) is 1.61. The molecule has 3 aliphatic rings. The molecule has 4 amide bonds. The minimum absolute atomic E-state index is 0.00197. The van der Waals surface area contributed by atoms with Crippen LogP contribution in [0.15, 0.2) is 103 Å². The van der Waals surface area contributed by atoms with Gasteiger partial charge in [0.2, 0.25) is 5.91 Å². The standard InChI is InChI=1S/C35H34F3N5O4/c1-3-17-42-27-22-43(32(44)29(27)30(39-34(42)46)24-13-7-8-14-25(24)35(36,37)38)31(23-11-5-4-6-12-23)33(45)41-20-18-40(19-21-41)26-15-9-10-16-28(26)47-2/h3-16,30-31H,1,17-22H2,2H3,(H,39,46). The SMILES string of the molecule is C=CCN1C(=O)NC(c2ccccc2C(F)(F)F)C2=C1CN(C(C(=O)N1CCN(c3ccccc3OC)CC1)c1ccccc1)C2=O. The number of para-hydroxylation sites is 2. The van der Waals surface area contributed by atoms with Crippen molar-refractivity contribution in [3.63, 3.8) is 0 Å². The number of carbonyl (C=O) groups excluding carboxylic acids is 3. The Hall–Kier alpha value is -5.26. The maximum Gasteiger partial charge on any atom is 0.416 e. The van der Waals surface area contributed by atoms with Crippen LogP contribution in [0.25, 0.3) is 0 Å². The van der Waals surface area contributed by atoms with Gasteiger partial charge in [0.05, 0.1) is 42.2 Å². The highest BCUT2D eigenvalue weighted by Gasteiger charge is 2.49. The third-order valence-electron chi connectivity index (χ3n) is 8.82. The van der Waals surface area contributed by atoms with E-state index in [0.29, 0.717) is 31.7 Å². The summed E-state index contributed by atoms with van der Waals surface area (Å²) in [6, 6.07) is 18.2. The first-order valence-corrected chi connectivity index (χ1v) is 15.2. The number of halogens is 3. The van der Waals surface area contributed by atoms with Gasteiger partial charge in [0.25, 0.3) is 5.91 Å². The second-order valence-electron chi connectivity index (χ2n) is 11.5. The normalized spacial score (nSPS) is 19.0. The van der Waals surface area contributed by atoms with Gasteiger partial charge in [0.15, 0.2) is 0 Å². The quantitative estimate of drug-likeness (QED) is 0.343. The van der Waals surface area contributed by atoms with Gasteiger partial charge in [-0.15, -0.1) is 6.58 Å². The molecule has 0 spiro atoms. The fourth-order valence-corrected chi connectivity index (χ4v) is 6.61. The number of urea groups is 1. The summed E-state index contributed by atoms with van der Waals surface area (Å²) in [5.41, 5.74) is 0.513. The summed E-state index contributed by atoms with van der Waals surface area (Å²) in [6.07, 6.45) is -3.25. The number of anilines is 1. The number of rotatable bonds is 8. The monoisotopic (exact) mass is 645 g/mol. The molecule has 2 atom stereocenters. The van der Waals surface area contributed by atoms with E-state index in [4.69, 9.17) is 4.74 Å². The molecule has 1 fully saturated rings. The van der Waals surface area contributed by atoms with Gasteiger partial charge >= 0.3 is 12.2 Å². The number of piperazine rings is 1. The van der Waals surface area contributed by atoms with E-state index in [9.17, 15) is 27.6 Å². The maximum atomic E-state index is 14.4. The van der Waals surface area contributed by atoms with Crippen LogP contribution in [0.3, 0.4) is 0 Å². The Morgan fingerprint density at radius 3 is 2.32 bits per heavy atom. The fraction of sp³-hybridized carbons (Fsp3) is 0.286. The lowest BCUT2D eigenvalue weighted by atomic mass is 9.91. The molecular weight excluding hydrogens is 611 g/mol. The molecule has 3 heterocycles. The minimum Gasteiger partial charge on any atom is -0.495 e. The van der Waals surface area contributed by atoms with Crippen LogP contribution in [0.4, 0.5) is 23.7 Å². The number of alkyl halides is 3. The van der Waals surface area contributed by atoms with Crippen LogP contribution in [0, 0.1) is 0 Å². The lowest BCUT2D eigenvalue weighted by Crippen LogP contribution is -2.52. The zero-order valence-corrected chi connectivity index (χ0v) is 25.7. The molecule has 12 heteroatoms. The smallest absolute Gasteiger partial charge is 0.416 e. The van der Waals surface area contributed by atoms with E-state index in [2.05, 4.69) is 16.8 Å². The van der Waals surface area contributed by atoms with Gasteiger partial charge in [-0.1, -0.05) is 66.7 Å². The first-order chi connectivity index (χ1) is 22.6. The Morgan fingerprint density at radius 1 is 0.979 bits per heavy atom. The molecule has 1 saturated heterocycles. The van der Waals surface area contributed by atoms with Crippen molar-refractivity contribution in [2.45, 2.75) is 18.3 Å². The van der Waals surface area contributed by atoms with Gasteiger partial charge in [-0.2, -0.15) is 13.2 Å². The van der Waals surface area contributed by atoms with E-state index in [1.54, 1.807) is 42.3 Å². The lowest BCUT2D eigenvalue weighted by Gasteiger charge is -2.39. The summed E-state index contributed by atoms with van der Waals surface area (Å²) < 4.78 is 48.0. The van der Waals surface area contributed by atoms with Gasteiger partial charge < -0.3 is 24.8 Å². The third kappa shape index (κ3) is 5.91. The second kappa shape index (κ2) is 12.9. The van der Waals surface area contributed by atoms with Crippen molar-refractivity contribution in [2.24, 2.45) is 0 Å². The van der Waals surface area contributed by atoms with Crippen LogP contribution in [-0.2, 0) is 15.8 Å². The Bertz CT molecular complexity index is 1720. The van der Waals surface area contributed by atoms with Gasteiger partial charge in [-0.25, -0.2) is 4.79 Å². The van der Waals surface area contributed by atoms with E-state index in [0.717, 1.165) is 17.5 Å². The molecule has 9 nitrogen and oxygen atoms in total. The van der Waals surface area contributed by atoms with E-state index < -0.39 is 35.8 Å². The molecule has 0 saturated carbocycles. The average molecular weight is 646 g/mol. The van der Waals surface area contributed by atoms with Crippen molar-refractivity contribution in [3.8, 4) is 5.75 Å². The lowest BCUT2D eigenvalue weighted by molar-refractivity contribution is -0.143. The third-order valence-corrected chi connectivity index (χ3v) is 8.82. The Morgan fingerprint density at radius 2 is 1.64 bits per heavy atom. The van der Waals surface area contributed by atoms with Crippen molar-refractivity contribution in [3.05, 3.63) is 119 Å². The largest absolute Gasteiger partial charge is 0.495 e. The molecular formula is C35H34F3N5O4. The van der Waals surface area contributed by atoms with E-state index in [-0.39, 0.29) is 35.8 Å². The molecule has 0 radical (unpaired) electrons. The zero-order chi connectivity index (χ0) is 33.3. The number of carbonyl (C=O) groups is 3. The first kappa shape index (κ1) is 31.7. The van der Waals surface area contributed by atoms with Crippen molar-refractivity contribution < 1.29 is 32.3 Å². The van der Waals surface area contributed by atoms with Gasteiger partial charge in [0, 0.05) is 32.7 Å². The fourth-order valence-electron chi connectivity index (χ4n) is 6.61. The summed E-state index contributed by atoms with van der Waals surface area (Å²) in [5, 5.41) is 2.63. The predicted octanol–water partition coefficient (Wildman–Crippen LogP) is 5.15. The number of ether oxygens (including phenoxy) is 1. The van der Waals surface area contributed by atoms with Crippen molar-refractivity contribution in [1.82, 2.24) is 20.0 Å². The molecule has 2 unspecified atom stereocenters. The highest BCUT2D eigenvalue weighted by Crippen LogP contribution is 2.43. The van der Waals surface area contributed by atoms with Gasteiger partial charge in [-0.05, 0) is 29.3 Å². The second-order valence-corrected chi connectivity index (χ2v) is 11.5. The van der Waals surface area contributed by atoms with Crippen molar-refractivity contribution in [2.75, 3.05) is 51.3 Å². The van der Waals surface area contributed by atoms with Crippen LogP contribution in [0.2, 0.25) is 0 Å². The van der Waals surface area contributed by atoms with Crippen molar-refractivity contribution >= 4 is 23.5 Å². The Balaban J connectivity index is 1.34. The van der Waals surface area contributed by atoms with E-state index in [1.807, 2.05) is 24.3 Å². The first-order valence-electron chi connectivity index (χ1n) is 15.2. The highest BCUT2D eigenvalue weighted by molar-refractivity contribution is 6.04. The number of hydrogen-bond acceptors (Lipinski definition) is 5. The van der Waals surface area contributed by atoms with Gasteiger partial charge in [-0.3, -0.25) is 14.5 Å². The van der Waals surface area contributed by atoms with E-state index in [1.165, 1.54) is 34.1 Å².